The van der Waals surface area contributed by atoms with E-state index in [1.54, 1.807) is 37.0 Å². The number of piperazine rings is 1. The van der Waals surface area contributed by atoms with Gasteiger partial charge in [0, 0.05) is 57.9 Å². The summed E-state index contributed by atoms with van der Waals surface area (Å²) in [4.78, 5) is 26.4. The number of rotatable bonds is 9. The molecule has 1 saturated heterocycles. The first-order valence-corrected chi connectivity index (χ1v) is 12.3. The molecule has 0 atom stereocenters. The highest BCUT2D eigenvalue weighted by Crippen LogP contribution is 2.42. The van der Waals surface area contributed by atoms with Gasteiger partial charge < -0.3 is 14.5 Å². The van der Waals surface area contributed by atoms with Crippen molar-refractivity contribution < 1.29 is 13.9 Å². The minimum atomic E-state index is -0.257. The standard InChI is InChI=1S/C26H35FN6O2/c1-5-7-22-29-25(20-8-9-21(27)19(3)16-20)30-33(22)18-24(34)32-14-12-31(13-15-32)23(28-6-2)17-26(35-4)10-11-26/h6,8-9,16H,2,5,7,10-15,17-18H2,1,3-4H3. The number of halogens is 1. The average molecular weight is 483 g/mol. The molecule has 4 rings (SSSR count). The molecule has 0 radical (unpaired) electrons. The van der Waals surface area contributed by atoms with Crippen LogP contribution in [-0.2, 0) is 22.5 Å². The van der Waals surface area contributed by atoms with Crippen molar-refractivity contribution in [2.75, 3.05) is 33.3 Å². The highest BCUT2D eigenvalue weighted by molar-refractivity contribution is 5.85. The summed E-state index contributed by atoms with van der Waals surface area (Å²) in [6.07, 6.45) is 6.07. The number of amidine groups is 1. The number of hydrogen-bond donors (Lipinski definition) is 0. The maximum atomic E-state index is 13.7. The third-order valence-electron chi connectivity index (χ3n) is 6.88. The Morgan fingerprint density at radius 3 is 2.57 bits per heavy atom. The van der Waals surface area contributed by atoms with Gasteiger partial charge in [-0.3, -0.25) is 4.79 Å². The van der Waals surface area contributed by atoms with Crippen LogP contribution in [0.25, 0.3) is 11.4 Å². The number of benzene rings is 1. The van der Waals surface area contributed by atoms with Crippen molar-refractivity contribution in [2.24, 2.45) is 4.99 Å². The number of hydrogen-bond acceptors (Lipinski definition) is 5. The molecule has 0 spiro atoms. The van der Waals surface area contributed by atoms with Gasteiger partial charge in [0.1, 0.15) is 24.0 Å². The Morgan fingerprint density at radius 2 is 1.97 bits per heavy atom. The number of carbonyl (C=O) groups is 1. The average Bonchev–Trinajstić information content (AvgIpc) is 3.53. The summed E-state index contributed by atoms with van der Waals surface area (Å²) in [7, 11) is 1.76. The third kappa shape index (κ3) is 5.78. The van der Waals surface area contributed by atoms with Crippen LogP contribution < -0.4 is 0 Å². The van der Waals surface area contributed by atoms with Gasteiger partial charge in [0.2, 0.25) is 5.91 Å². The van der Waals surface area contributed by atoms with Gasteiger partial charge in [0.25, 0.3) is 0 Å². The molecule has 2 aliphatic rings. The van der Waals surface area contributed by atoms with Gasteiger partial charge in [0.15, 0.2) is 5.82 Å². The highest BCUT2D eigenvalue weighted by atomic mass is 19.1. The van der Waals surface area contributed by atoms with Crippen molar-refractivity contribution in [2.45, 2.75) is 58.1 Å². The number of carbonyl (C=O) groups excluding carboxylic acids is 1. The minimum Gasteiger partial charge on any atom is -0.378 e. The van der Waals surface area contributed by atoms with Crippen molar-refractivity contribution in [3.63, 3.8) is 0 Å². The molecular formula is C26H35FN6O2. The fraction of sp³-hybridized carbons (Fsp3) is 0.538. The summed E-state index contributed by atoms with van der Waals surface area (Å²) in [5.41, 5.74) is 1.21. The van der Waals surface area contributed by atoms with Crippen molar-refractivity contribution in [1.29, 1.82) is 0 Å². The lowest BCUT2D eigenvalue weighted by atomic mass is 10.1. The molecule has 188 valence electrons. The monoisotopic (exact) mass is 482 g/mol. The molecule has 8 nitrogen and oxygen atoms in total. The summed E-state index contributed by atoms with van der Waals surface area (Å²) < 4.78 is 21.1. The van der Waals surface area contributed by atoms with Crippen LogP contribution in [0.1, 0.15) is 44.0 Å². The molecular weight excluding hydrogens is 447 g/mol. The molecule has 9 heteroatoms. The van der Waals surface area contributed by atoms with Crippen LogP contribution in [0.5, 0.6) is 0 Å². The Bertz CT molecular complexity index is 1100. The molecule has 1 aliphatic heterocycles. The highest BCUT2D eigenvalue weighted by Gasteiger charge is 2.45. The second-order valence-corrected chi connectivity index (χ2v) is 9.38. The lowest BCUT2D eigenvalue weighted by Gasteiger charge is -2.37. The first-order chi connectivity index (χ1) is 16.9. The quantitative estimate of drug-likeness (QED) is 0.403. The Kier molecular flexibility index (Phi) is 7.64. The first-order valence-electron chi connectivity index (χ1n) is 12.3. The van der Waals surface area contributed by atoms with E-state index in [9.17, 15) is 9.18 Å². The number of aryl methyl sites for hydroxylation is 2. The van der Waals surface area contributed by atoms with E-state index in [0.717, 1.165) is 62.4 Å². The zero-order valence-electron chi connectivity index (χ0n) is 21.0. The molecule has 1 aromatic heterocycles. The summed E-state index contributed by atoms with van der Waals surface area (Å²) in [5, 5.41) is 4.61. The molecule has 2 fully saturated rings. The lowest BCUT2D eigenvalue weighted by Crippen LogP contribution is -2.52. The van der Waals surface area contributed by atoms with Crippen LogP contribution in [0.2, 0.25) is 0 Å². The van der Waals surface area contributed by atoms with E-state index in [1.807, 2.05) is 4.90 Å². The summed E-state index contributed by atoms with van der Waals surface area (Å²) >= 11 is 0. The largest absolute Gasteiger partial charge is 0.378 e. The molecule has 1 aromatic carbocycles. The van der Waals surface area contributed by atoms with Crippen LogP contribution in [0.15, 0.2) is 36.0 Å². The molecule has 1 saturated carbocycles. The zero-order valence-corrected chi connectivity index (χ0v) is 21.0. The number of nitrogens with zero attached hydrogens (tertiary/aromatic N) is 6. The minimum absolute atomic E-state index is 0.0199. The molecule has 1 aliphatic carbocycles. The molecule has 2 heterocycles. The second-order valence-electron chi connectivity index (χ2n) is 9.38. The number of aromatic nitrogens is 3. The molecule has 2 aromatic rings. The third-order valence-corrected chi connectivity index (χ3v) is 6.88. The van der Waals surface area contributed by atoms with E-state index in [4.69, 9.17) is 4.74 Å². The van der Waals surface area contributed by atoms with Gasteiger partial charge in [-0.05, 0) is 49.9 Å². The fourth-order valence-electron chi connectivity index (χ4n) is 4.48. The SMILES string of the molecule is C=CN=C(CC1(OC)CC1)N1CCN(C(=O)Cn2nc(-c3ccc(F)c(C)c3)nc2CCC)CC1. The van der Waals surface area contributed by atoms with E-state index in [-0.39, 0.29) is 23.9 Å². The van der Waals surface area contributed by atoms with Gasteiger partial charge >= 0.3 is 0 Å². The maximum Gasteiger partial charge on any atom is 0.244 e. The number of methoxy groups -OCH3 is 1. The number of amides is 1. The van der Waals surface area contributed by atoms with Crippen molar-refractivity contribution in [1.82, 2.24) is 24.6 Å². The topological polar surface area (TPSA) is 75.8 Å². The first kappa shape index (κ1) is 25.0. The van der Waals surface area contributed by atoms with Crippen LogP contribution in [-0.4, -0.2) is 75.2 Å². The van der Waals surface area contributed by atoms with Crippen LogP contribution in [0, 0.1) is 12.7 Å². The van der Waals surface area contributed by atoms with E-state index in [2.05, 4.69) is 33.5 Å². The van der Waals surface area contributed by atoms with Gasteiger partial charge in [-0.25, -0.2) is 19.0 Å². The van der Waals surface area contributed by atoms with Crippen molar-refractivity contribution in [3.8, 4) is 11.4 Å². The summed E-state index contributed by atoms with van der Waals surface area (Å²) in [6, 6.07) is 4.84. The fourth-order valence-corrected chi connectivity index (χ4v) is 4.48. The number of ether oxygens (including phenoxy) is 1. The van der Waals surface area contributed by atoms with Crippen molar-refractivity contribution in [3.05, 3.63) is 48.2 Å². The van der Waals surface area contributed by atoms with Gasteiger partial charge in [0.05, 0.1) is 5.60 Å². The van der Waals surface area contributed by atoms with E-state index in [0.29, 0.717) is 24.5 Å². The van der Waals surface area contributed by atoms with E-state index in [1.165, 1.54) is 6.07 Å². The van der Waals surface area contributed by atoms with E-state index >= 15 is 0 Å². The predicted molar refractivity (Wildman–Crippen MR) is 134 cm³/mol. The predicted octanol–water partition coefficient (Wildman–Crippen LogP) is 3.60. The van der Waals surface area contributed by atoms with Crippen molar-refractivity contribution >= 4 is 11.7 Å². The van der Waals surface area contributed by atoms with Gasteiger partial charge in [-0.2, -0.15) is 5.10 Å². The summed E-state index contributed by atoms with van der Waals surface area (Å²) in [5.74, 6) is 2.03. The van der Waals surface area contributed by atoms with E-state index < -0.39 is 0 Å². The van der Waals surface area contributed by atoms with Crippen LogP contribution in [0.3, 0.4) is 0 Å². The lowest BCUT2D eigenvalue weighted by molar-refractivity contribution is -0.133. The smallest absolute Gasteiger partial charge is 0.244 e. The maximum absolute atomic E-state index is 13.7. The normalized spacial score (nSPS) is 17.5. The number of aliphatic imine (C=N–C) groups is 1. The molecule has 1 amide bonds. The Labute approximate surface area is 206 Å². The second kappa shape index (κ2) is 10.7. The molecule has 0 N–H and O–H groups in total. The molecule has 35 heavy (non-hydrogen) atoms. The Hall–Kier alpha value is -3.07. The van der Waals surface area contributed by atoms with Gasteiger partial charge in [-0.1, -0.05) is 13.5 Å². The van der Waals surface area contributed by atoms with Gasteiger partial charge in [-0.15, -0.1) is 0 Å². The van der Waals surface area contributed by atoms with Crippen LogP contribution in [0.4, 0.5) is 4.39 Å². The summed E-state index contributed by atoms with van der Waals surface area (Å²) in [6.45, 7) is 10.4. The zero-order chi connectivity index (χ0) is 25.0. The Morgan fingerprint density at radius 1 is 1.26 bits per heavy atom. The Balaban J connectivity index is 1.41. The molecule has 0 bridgehead atoms. The van der Waals surface area contributed by atoms with Crippen LogP contribution >= 0.6 is 0 Å². The molecule has 0 unspecified atom stereocenters.